The number of likely N-dealkylation sites (tertiary alicyclic amines) is 2. The quantitative estimate of drug-likeness (QED) is 0.263. The van der Waals surface area contributed by atoms with Crippen molar-refractivity contribution in [3.05, 3.63) is 41.7 Å². The highest BCUT2D eigenvalue weighted by molar-refractivity contribution is 6.01. The number of carbonyl (C=O) groups excluding carboxylic acids is 4. The Labute approximate surface area is 271 Å². The molecule has 1 aromatic rings. The summed E-state index contributed by atoms with van der Waals surface area (Å²) < 4.78 is 13.1. The van der Waals surface area contributed by atoms with E-state index in [9.17, 15) is 23.6 Å². The van der Waals surface area contributed by atoms with Gasteiger partial charge >= 0.3 is 0 Å². The van der Waals surface area contributed by atoms with Crippen LogP contribution in [-0.2, 0) is 19.2 Å². The van der Waals surface area contributed by atoms with E-state index in [0.717, 1.165) is 12.0 Å². The van der Waals surface area contributed by atoms with Gasteiger partial charge in [0.2, 0.25) is 24.1 Å². The first-order valence-electron chi connectivity index (χ1n) is 16.4. The monoisotopic (exact) mass is 631 g/mol. The Morgan fingerprint density at radius 2 is 1.53 bits per heavy atom. The maximum absolute atomic E-state index is 13.1. The first kappa shape index (κ1) is 39.8. The number of amides is 4. The molecular formula is C35H58FN5O4. The van der Waals surface area contributed by atoms with E-state index in [-0.39, 0.29) is 36.2 Å². The average molecular weight is 632 g/mol. The summed E-state index contributed by atoms with van der Waals surface area (Å²) in [5.74, 6) is -0.391. The molecule has 3 rings (SSSR count). The molecule has 2 N–H and O–H groups in total. The minimum Gasteiger partial charge on any atom is -0.350 e. The summed E-state index contributed by atoms with van der Waals surface area (Å²) in [6.45, 7) is 19.6. The van der Waals surface area contributed by atoms with Gasteiger partial charge in [-0.2, -0.15) is 0 Å². The Hall–Kier alpha value is -3.27. The molecule has 10 heteroatoms. The lowest BCUT2D eigenvalue weighted by atomic mass is 9.99. The van der Waals surface area contributed by atoms with Gasteiger partial charge in [0.1, 0.15) is 11.9 Å². The van der Waals surface area contributed by atoms with Gasteiger partial charge in [-0.25, -0.2) is 4.39 Å². The van der Waals surface area contributed by atoms with Crippen LogP contribution in [0.4, 0.5) is 10.1 Å². The molecule has 2 heterocycles. The second-order valence-electron chi connectivity index (χ2n) is 13.2. The van der Waals surface area contributed by atoms with Gasteiger partial charge in [0.05, 0.1) is 12.6 Å². The minimum atomic E-state index is -0.621. The highest BCUT2D eigenvalue weighted by Crippen LogP contribution is 2.23. The summed E-state index contributed by atoms with van der Waals surface area (Å²) in [5.41, 5.74) is 0.903. The Bertz CT molecular complexity index is 1080. The van der Waals surface area contributed by atoms with E-state index in [1.54, 1.807) is 20.0 Å². The summed E-state index contributed by atoms with van der Waals surface area (Å²) in [4.78, 5) is 54.3. The van der Waals surface area contributed by atoms with Gasteiger partial charge < -0.3 is 25.3 Å². The van der Waals surface area contributed by atoms with Crippen molar-refractivity contribution in [2.75, 3.05) is 38.5 Å². The molecule has 4 amide bonds. The van der Waals surface area contributed by atoms with Crippen molar-refractivity contribution < 1.29 is 23.6 Å². The number of anilines is 1. The highest BCUT2D eigenvalue weighted by atomic mass is 19.1. The summed E-state index contributed by atoms with van der Waals surface area (Å²) in [6, 6.07) is 5.25. The number of piperidine rings is 1. The van der Waals surface area contributed by atoms with Crippen LogP contribution in [0.5, 0.6) is 0 Å². The number of hydrogen-bond donors (Lipinski definition) is 2. The Kier molecular flexibility index (Phi) is 18.3. The lowest BCUT2D eigenvalue weighted by Crippen LogP contribution is -2.45. The summed E-state index contributed by atoms with van der Waals surface area (Å²) in [7, 11) is 1.63. The zero-order valence-corrected chi connectivity index (χ0v) is 29.1. The van der Waals surface area contributed by atoms with Crippen LogP contribution in [0.25, 0.3) is 0 Å². The number of carbonyl (C=O) groups is 4. The van der Waals surface area contributed by atoms with Gasteiger partial charge in [0, 0.05) is 30.9 Å². The van der Waals surface area contributed by atoms with Crippen LogP contribution >= 0.6 is 0 Å². The fourth-order valence-corrected chi connectivity index (χ4v) is 5.20. The third-order valence-corrected chi connectivity index (χ3v) is 7.67. The molecule has 2 aliphatic rings. The predicted octanol–water partition coefficient (Wildman–Crippen LogP) is 5.47. The highest BCUT2D eigenvalue weighted by Gasteiger charge is 2.35. The van der Waals surface area contributed by atoms with E-state index < -0.39 is 11.9 Å². The maximum Gasteiger partial charge on any atom is 0.249 e. The first-order valence-corrected chi connectivity index (χ1v) is 16.4. The zero-order valence-electron chi connectivity index (χ0n) is 29.1. The van der Waals surface area contributed by atoms with Crippen LogP contribution in [0.2, 0.25) is 0 Å². The molecule has 1 aromatic carbocycles. The van der Waals surface area contributed by atoms with E-state index in [1.807, 2.05) is 13.8 Å². The van der Waals surface area contributed by atoms with E-state index in [4.69, 9.17) is 0 Å². The number of rotatable bonds is 10. The van der Waals surface area contributed by atoms with Crippen LogP contribution in [-0.4, -0.2) is 90.2 Å². The number of nitrogens with one attached hydrogen (secondary N) is 2. The van der Waals surface area contributed by atoms with Gasteiger partial charge in [-0.3, -0.25) is 19.2 Å². The van der Waals surface area contributed by atoms with Crippen molar-refractivity contribution in [3.8, 4) is 0 Å². The molecule has 0 unspecified atom stereocenters. The van der Waals surface area contributed by atoms with Gasteiger partial charge in [0.25, 0.3) is 0 Å². The molecular weight excluding hydrogens is 573 g/mol. The standard InChI is InChI=1S/C23H31FN4O4.C8H17N.C4H10/c1-15(2)20(27(4)21(30)13-25-14-29)12-16(3)23(32)28-11-5-6-19(28)22(31)26-18-9-7-17(24)8-10-18;1-8(2)9-6-4-3-5-7-9;1-4(2)3/h7-10,12,14-15,19-20H,5-6,11,13H2,1-4H3,(H,25,29)(H,26,31);8H,3-7H2,1-2H3;4H,1-3H3/b16-12+;;/t19-,20+;;/m0../s1. The Balaban J connectivity index is 0.000000644. The molecule has 2 saturated heterocycles. The summed E-state index contributed by atoms with van der Waals surface area (Å²) in [5, 5.41) is 5.09. The molecule has 0 aliphatic carbocycles. The van der Waals surface area contributed by atoms with Crippen LogP contribution in [0, 0.1) is 17.7 Å². The maximum atomic E-state index is 13.1. The smallest absolute Gasteiger partial charge is 0.249 e. The normalized spacial score (nSPS) is 17.6. The third-order valence-electron chi connectivity index (χ3n) is 7.67. The second-order valence-corrected chi connectivity index (χ2v) is 13.2. The Morgan fingerprint density at radius 3 is 2.02 bits per heavy atom. The minimum absolute atomic E-state index is 0.0269. The molecule has 45 heavy (non-hydrogen) atoms. The largest absolute Gasteiger partial charge is 0.350 e. The molecule has 2 fully saturated rings. The number of likely N-dealkylation sites (N-methyl/N-ethyl adjacent to an activating group) is 1. The Morgan fingerprint density at radius 1 is 0.956 bits per heavy atom. The lowest BCUT2D eigenvalue weighted by molar-refractivity contribution is -0.133. The average Bonchev–Trinajstić information content (AvgIpc) is 3.49. The molecule has 0 spiro atoms. The van der Waals surface area contributed by atoms with Crippen LogP contribution in [0.15, 0.2) is 35.9 Å². The molecule has 0 radical (unpaired) electrons. The topological polar surface area (TPSA) is 102 Å². The molecule has 0 bridgehead atoms. The van der Waals surface area contributed by atoms with E-state index in [1.165, 1.54) is 66.4 Å². The van der Waals surface area contributed by atoms with Crippen LogP contribution in [0.3, 0.4) is 0 Å². The number of nitrogens with zero attached hydrogens (tertiary/aromatic N) is 3. The molecule has 2 aliphatic heterocycles. The van der Waals surface area contributed by atoms with Crippen LogP contribution in [0.1, 0.15) is 87.5 Å². The van der Waals surface area contributed by atoms with Gasteiger partial charge in [-0.05, 0) is 95.6 Å². The zero-order chi connectivity index (χ0) is 34.1. The fourth-order valence-electron chi connectivity index (χ4n) is 5.20. The van der Waals surface area contributed by atoms with E-state index in [2.05, 4.69) is 50.2 Å². The lowest BCUT2D eigenvalue weighted by Gasteiger charge is -2.30. The molecule has 2 atom stereocenters. The SMILES string of the molecule is C/C(=C\[C@H](C(C)C)N(C)C(=O)CNC=O)C(=O)N1CCC[C@H]1C(=O)Nc1ccc(F)cc1.CC(C)C.CC(C)N1CCCCC1. The van der Waals surface area contributed by atoms with Crippen molar-refractivity contribution in [3.63, 3.8) is 0 Å². The third kappa shape index (κ3) is 14.6. The summed E-state index contributed by atoms with van der Waals surface area (Å²) in [6.07, 6.45) is 7.71. The molecule has 254 valence electrons. The molecule has 0 aromatic heterocycles. The number of benzene rings is 1. The van der Waals surface area contributed by atoms with Gasteiger partial charge in [0.15, 0.2) is 0 Å². The molecule has 9 nitrogen and oxygen atoms in total. The van der Waals surface area contributed by atoms with Crippen molar-refractivity contribution in [1.29, 1.82) is 0 Å². The van der Waals surface area contributed by atoms with E-state index in [0.29, 0.717) is 37.1 Å². The fraction of sp³-hybridized carbons (Fsp3) is 0.657. The molecule has 0 saturated carbocycles. The van der Waals surface area contributed by atoms with Crippen molar-refractivity contribution in [1.82, 2.24) is 20.0 Å². The van der Waals surface area contributed by atoms with Crippen molar-refractivity contribution >= 4 is 29.8 Å². The van der Waals surface area contributed by atoms with E-state index >= 15 is 0 Å². The second kappa shape index (κ2) is 20.7. The summed E-state index contributed by atoms with van der Waals surface area (Å²) >= 11 is 0. The predicted molar refractivity (Wildman–Crippen MR) is 180 cm³/mol. The first-order chi connectivity index (χ1) is 21.2. The van der Waals surface area contributed by atoms with Gasteiger partial charge in [-0.1, -0.05) is 47.1 Å². The van der Waals surface area contributed by atoms with Crippen molar-refractivity contribution in [2.24, 2.45) is 11.8 Å². The number of hydrogen-bond acceptors (Lipinski definition) is 5. The number of halogens is 1. The van der Waals surface area contributed by atoms with Crippen molar-refractivity contribution in [2.45, 2.75) is 106 Å². The van der Waals surface area contributed by atoms with Gasteiger partial charge in [-0.15, -0.1) is 0 Å². The van der Waals surface area contributed by atoms with Crippen LogP contribution < -0.4 is 10.6 Å².